The number of phenols is 1. The predicted molar refractivity (Wildman–Crippen MR) is 112 cm³/mol. The largest absolute Gasteiger partial charge is 0.507 e. The van der Waals surface area contributed by atoms with Crippen molar-refractivity contribution in [1.29, 1.82) is 0 Å². The number of aromatic carboxylic acids is 1. The predicted octanol–water partition coefficient (Wildman–Crippen LogP) is 3.06. The first-order chi connectivity index (χ1) is 14.9. The molecule has 2 atom stereocenters. The highest BCUT2D eigenvalue weighted by molar-refractivity contribution is 6.01. The molecule has 0 fully saturated rings. The standard InChI is InChI=1S/C23H19NO7/c1-30-20-21(26)24-16-11-8-13(7-9-15-10-12-17(31-15)22(27)28)19(25)18(16)23(20,29)14-5-3-2-4-6-14/h2-12,20,25,29H,1H3,(H,24,26)(H,27,28)/b9-7+. The number of aromatic hydroxyl groups is 1. The Morgan fingerprint density at radius 2 is 1.87 bits per heavy atom. The smallest absolute Gasteiger partial charge is 0.371 e. The van der Waals surface area contributed by atoms with Crippen molar-refractivity contribution >= 4 is 29.7 Å². The van der Waals surface area contributed by atoms with E-state index in [4.69, 9.17) is 14.3 Å². The van der Waals surface area contributed by atoms with Crippen molar-refractivity contribution in [2.24, 2.45) is 0 Å². The Morgan fingerprint density at radius 1 is 1.13 bits per heavy atom. The number of phenolic OH excluding ortho intramolecular Hbond substituents is 1. The average molecular weight is 421 g/mol. The normalized spacial score (nSPS) is 20.5. The number of methoxy groups -OCH3 is 1. The fourth-order valence-electron chi connectivity index (χ4n) is 3.75. The number of amides is 1. The molecule has 0 aliphatic carbocycles. The highest BCUT2D eigenvalue weighted by Crippen LogP contribution is 2.47. The second-order valence-corrected chi connectivity index (χ2v) is 7.00. The summed E-state index contributed by atoms with van der Waals surface area (Å²) in [7, 11) is 1.31. The average Bonchev–Trinajstić information content (AvgIpc) is 3.23. The van der Waals surface area contributed by atoms with Gasteiger partial charge < -0.3 is 29.8 Å². The lowest BCUT2D eigenvalue weighted by Crippen LogP contribution is -2.52. The van der Waals surface area contributed by atoms with Crippen molar-refractivity contribution in [1.82, 2.24) is 0 Å². The first-order valence-electron chi connectivity index (χ1n) is 9.35. The van der Waals surface area contributed by atoms with Gasteiger partial charge in [-0.05, 0) is 42.0 Å². The van der Waals surface area contributed by atoms with Gasteiger partial charge in [0.15, 0.2) is 11.7 Å². The molecule has 0 saturated carbocycles. The minimum absolute atomic E-state index is 0.0953. The maximum Gasteiger partial charge on any atom is 0.371 e. The highest BCUT2D eigenvalue weighted by atomic mass is 16.5. The molecule has 1 amide bonds. The third kappa shape index (κ3) is 3.37. The van der Waals surface area contributed by atoms with E-state index in [0.717, 1.165) is 0 Å². The van der Waals surface area contributed by atoms with Gasteiger partial charge in [-0.2, -0.15) is 0 Å². The van der Waals surface area contributed by atoms with E-state index in [0.29, 0.717) is 11.1 Å². The van der Waals surface area contributed by atoms with Gasteiger partial charge in [-0.25, -0.2) is 4.79 Å². The topological polar surface area (TPSA) is 129 Å². The molecule has 2 aromatic carbocycles. The SMILES string of the molecule is COC1C(=O)Nc2ccc(/C=C/c3ccc(C(=O)O)o3)c(O)c2C1(O)c1ccccc1. The molecule has 1 aliphatic rings. The van der Waals surface area contributed by atoms with Crippen LogP contribution in [0.5, 0.6) is 5.75 Å². The van der Waals surface area contributed by atoms with Crippen LogP contribution in [0.4, 0.5) is 5.69 Å². The molecule has 2 unspecified atom stereocenters. The van der Waals surface area contributed by atoms with Gasteiger partial charge in [0.05, 0.1) is 11.3 Å². The third-order valence-corrected chi connectivity index (χ3v) is 5.18. The Kier molecular flexibility index (Phi) is 5.10. The molecular weight excluding hydrogens is 402 g/mol. The summed E-state index contributed by atoms with van der Waals surface area (Å²) in [6, 6.07) is 14.4. The summed E-state index contributed by atoms with van der Waals surface area (Å²) in [5.74, 6) is -1.92. The molecule has 158 valence electrons. The Hall–Kier alpha value is -3.88. The van der Waals surface area contributed by atoms with E-state index in [1.54, 1.807) is 42.5 Å². The van der Waals surface area contributed by atoms with Crippen LogP contribution in [0.1, 0.15) is 33.0 Å². The second kappa shape index (κ2) is 7.75. The van der Waals surface area contributed by atoms with Crippen molar-refractivity contribution in [3.05, 3.63) is 82.8 Å². The second-order valence-electron chi connectivity index (χ2n) is 7.00. The molecule has 1 aliphatic heterocycles. The number of aliphatic hydroxyl groups is 1. The fourth-order valence-corrected chi connectivity index (χ4v) is 3.75. The number of benzene rings is 2. The van der Waals surface area contributed by atoms with E-state index in [-0.39, 0.29) is 28.5 Å². The van der Waals surface area contributed by atoms with E-state index in [1.165, 1.54) is 31.4 Å². The van der Waals surface area contributed by atoms with Crippen molar-refractivity contribution in [3.8, 4) is 5.75 Å². The van der Waals surface area contributed by atoms with Crippen LogP contribution in [0.25, 0.3) is 12.2 Å². The zero-order valence-corrected chi connectivity index (χ0v) is 16.4. The van der Waals surface area contributed by atoms with Crippen LogP contribution in [-0.4, -0.2) is 40.4 Å². The molecule has 4 N–H and O–H groups in total. The molecule has 0 spiro atoms. The van der Waals surface area contributed by atoms with E-state index >= 15 is 0 Å². The van der Waals surface area contributed by atoms with Crippen LogP contribution in [-0.2, 0) is 15.1 Å². The monoisotopic (exact) mass is 421 g/mol. The van der Waals surface area contributed by atoms with Gasteiger partial charge in [-0.15, -0.1) is 0 Å². The van der Waals surface area contributed by atoms with Crippen LogP contribution < -0.4 is 5.32 Å². The van der Waals surface area contributed by atoms with Gasteiger partial charge in [0.1, 0.15) is 11.5 Å². The lowest BCUT2D eigenvalue weighted by molar-refractivity contribution is -0.142. The highest BCUT2D eigenvalue weighted by Gasteiger charge is 2.51. The van der Waals surface area contributed by atoms with Crippen molar-refractivity contribution in [2.75, 3.05) is 12.4 Å². The van der Waals surface area contributed by atoms with E-state index < -0.39 is 23.6 Å². The molecule has 3 aromatic rings. The number of hydrogen-bond donors (Lipinski definition) is 4. The van der Waals surface area contributed by atoms with Gasteiger partial charge in [0.25, 0.3) is 5.91 Å². The first-order valence-corrected chi connectivity index (χ1v) is 9.35. The third-order valence-electron chi connectivity index (χ3n) is 5.18. The van der Waals surface area contributed by atoms with Gasteiger partial charge in [0, 0.05) is 12.7 Å². The van der Waals surface area contributed by atoms with Gasteiger partial charge in [0.2, 0.25) is 5.76 Å². The summed E-state index contributed by atoms with van der Waals surface area (Å²) >= 11 is 0. The Morgan fingerprint density at radius 3 is 2.52 bits per heavy atom. The summed E-state index contributed by atoms with van der Waals surface area (Å²) in [6.45, 7) is 0. The molecule has 2 heterocycles. The number of ether oxygens (including phenoxy) is 1. The van der Waals surface area contributed by atoms with E-state index in [2.05, 4.69) is 5.32 Å². The number of furan rings is 1. The summed E-state index contributed by atoms with van der Waals surface area (Å²) in [5.41, 5.74) is -0.884. The van der Waals surface area contributed by atoms with E-state index in [9.17, 15) is 19.8 Å². The van der Waals surface area contributed by atoms with Gasteiger partial charge in [-0.3, -0.25) is 4.79 Å². The number of hydrogen-bond acceptors (Lipinski definition) is 6. The molecule has 0 radical (unpaired) electrons. The maximum atomic E-state index is 12.6. The molecule has 8 heteroatoms. The van der Waals surface area contributed by atoms with Crippen molar-refractivity contribution in [2.45, 2.75) is 11.7 Å². The first kappa shape index (κ1) is 20.4. The van der Waals surface area contributed by atoms with Crippen LogP contribution in [0.2, 0.25) is 0 Å². The number of rotatable bonds is 5. The number of carbonyl (C=O) groups excluding carboxylic acids is 1. The van der Waals surface area contributed by atoms with Crippen LogP contribution in [0.15, 0.2) is 59.0 Å². The fraction of sp³-hybridized carbons (Fsp3) is 0.130. The zero-order valence-electron chi connectivity index (χ0n) is 16.4. The molecular formula is C23H19NO7. The Labute approximate surface area is 177 Å². The number of carbonyl (C=O) groups is 2. The summed E-state index contributed by atoms with van der Waals surface area (Å²) in [5, 5.41) is 34.4. The van der Waals surface area contributed by atoms with Crippen molar-refractivity contribution in [3.63, 3.8) is 0 Å². The number of anilines is 1. The molecule has 8 nitrogen and oxygen atoms in total. The molecule has 31 heavy (non-hydrogen) atoms. The quantitative estimate of drug-likeness (QED) is 0.498. The van der Waals surface area contributed by atoms with Crippen LogP contribution >= 0.6 is 0 Å². The number of nitrogens with one attached hydrogen (secondary N) is 1. The number of fused-ring (bicyclic) bond motifs is 1. The van der Waals surface area contributed by atoms with Crippen LogP contribution in [0, 0.1) is 0 Å². The van der Waals surface area contributed by atoms with Gasteiger partial charge in [-0.1, -0.05) is 30.3 Å². The zero-order chi connectivity index (χ0) is 22.2. The molecule has 0 bridgehead atoms. The molecule has 1 aromatic heterocycles. The number of carboxylic acids is 1. The minimum Gasteiger partial charge on any atom is -0.507 e. The Bertz CT molecular complexity index is 1180. The maximum absolute atomic E-state index is 12.6. The van der Waals surface area contributed by atoms with Crippen LogP contribution in [0.3, 0.4) is 0 Å². The molecule has 0 saturated heterocycles. The summed E-state index contributed by atoms with van der Waals surface area (Å²) < 4.78 is 10.5. The van der Waals surface area contributed by atoms with E-state index in [1.807, 2.05) is 0 Å². The minimum atomic E-state index is -1.94. The Balaban J connectivity index is 1.84. The summed E-state index contributed by atoms with van der Waals surface area (Å²) in [4.78, 5) is 23.6. The lowest BCUT2D eigenvalue weighted by atomic mass is 9.77. The summed E-state index contributed by atoms with van der Waals surface area (Å²) in [6.07, 6.45) is 1.71. The van der Waals surface area contributed by atoms with Gasteiger partial charge >= 0.3 is 5.97 Å². The van der Waals surface area contributed by atoms with Crippen molar-refractivity contribution < 1.29 is 34.1 Å². The molecule has 4 rings (SSSR count). The lowest BCUT2D eigenvalue weighted by Gasteiger charge is -2.40. The number of carboxylic acid groups (broad SMARTS) is 1.